The van der Waals surface area contributed by atoms with E-state index < -0.39 is 0 Å². The standard InChI is InChI=1S/C27H21BNO2/c1-27(2)23-9-5-3-7-19(23)20-13-11-17(15-24(20)27)29-25-10-6-4-8-21(25)22-14-12-18(31-28-30)16-26(22)29/h3-16,30H,1-2H3. The molecular weight excluding hydrogens is 381 g/mol. The van der Waals surface area contributed by atoms with Crippen LogP contribution in [0.15, 0.2) is 84.9 Å². The lowest BCUT2D eigenvalue weighted by Gasteiger charge is -2.22. The van der Waals surface area contributed by atoms with Crippen molar-refractivity contribution in [1.82, 2.24) is 4.57 Å². The second-order valence-corrected chi connectivity index (χ2v) is 8.66. The fraction of sp³-hybridized carbons (Fsp3) is 0.111. The molecule has 6 rings (SSSR count). The smallest absolute Gasteiger partial charge is 0.537 e. The molecule has 1 aromatic heterocycles. The molecule has 4 aromatic carbocycles. The largest absolute Gasteiger partial charge is 0.569 e. The van der Waals surface area contributed by atoms with Crippen LogP contribution < -0.4 is 4.65 Å². The number of rotatable bonds is 3. The second kappa shape index (κ2) is 6.50. The van der Waals surface area contributed by atoms with Gasteiger partial charge in [-0.05, 0) is 52.6 Å². The molecule has 0 saturated carbocycles. The molecule has 0 fully saturated rings. The van der Waals surface area contributed by atoms with E-state index in [4.69, 9.17) is 9.68 Å². The summed E-state index contributed by atoms with van der Waals surface area (Å²) in [4.78, 5) is 0. The summed E-state index contributed by atoms with van der Waals surface area (Å²) in [6.45, 7) is 4.60. The van der Waals surface area contributed by atoms with Crippen molar-refractivity contribution >= 4 is 29.5 Å². The maximum Gasteiger partial charge on any atom is 0.569 e. The van der Waals surface area contributed by atoms with Crippen molar-refractivity contribution in [2.45, 2.75) is 19.3 Å². The normalized spacial score (nSPS) is 13.9. The Morgan fingerprint density at radius 3 is 2.35 bits per heavy atom. The van der Waals surface area contributed by atoms with Crippen molar-refractivity contribution in [3.8, 4) is 22.6 Å². The minimum Gasteiger partial charge on any atom is -0.537 e. The molecule has 1 aliphatic carbocycles. The van der Waals surface area contributed by atoms with Crippen LogP contribution in [0, 0.1) is 0 Å². The summed E-state index contributed by atoms with van der Waals surface area (Å²) < 4.78 is 7.55. The Balaban J connectivity index is 1.64. The quantitative estimate of drug-likeness (QED) is 0.376. The number of para-hydroxylation sites is 1. The molecule has 0 unspecified atom stereocenters. The van der Waals surface area contributed by atoms with Gasteiger partial charge in [0.05, 0.1) is 11.0 Å². The van der Waals surface area contributed by atoms with Gasteiger partial charge in [-0.2, -0.15) is 0 Å². The van der Waals surface area contributed by atoms with Crippen LogP contribution in [0.25, 0.3) is 38.6 Å². The number of hydrogen-bond acceptors (Lipinski definition) is 2. The summed E-state index contributed by atoms with van der Waals surface area (Å²) in [7, 11) is 0.725. The predicted octanol–water partition coefficient (Wildman–Crippen LogP) is 6.00. The molecule has 0 saturated heterocycles. The fourth-order valence-electron chi connectivity index (χ4n) is 5.19. The third-order valence-corrected chi connectivity index (χ3v) is 6.66. The molecular formula is C27H21BNO2. The number of aromatic nitrogens is 1. The van der Waals surface area contributed by atoms with Gasteiger partial charge < -0.3 is 14.2 Å². The molecule has 1 N–H and O–H groups in total. The van der Waals surface area contributed by atoms with Gasteiger partial charge in [-0.25, -0.2) is 0 Å². The van der Waals surface area contributed by atoms with Crippen LogP contribution >= 0.6 is 0 Å². The third-order valence-electron chi connectivity index (χ3n) is 6.66. The highest BCUT2D eigenvalue weighted by Gasteiger charge is 2.35. The van der Waals surface area contributed by atoms with Crippen molar-refractivity contribution < 1.29 is 9.68 Å². The van der Waals surface area contributed by atoms with Crippen LogP contribution in [0.3, 0.4) is 0 Å². The molecule has 5 aromatic rings. The van der Waals surface area contributed by atoms with Gasteiger partial charge in [0.15, 0.2) is 0 Å². The number of fused-ring (bicyclic) bond motifs is 6. The first-order valence-electron chi connectivity index (χ1n) is 10.5. The van der Waals surface area contributed by atoms with Gasteiger partial charge in [0.2, 0.25) is 0 Å². The lowest BCUT2D eigenvalue weighted by molar-refractivity contribution is 0.454. The van der Waals surface area contributed by atoms with E-state index in [0.717, 1.165) is 29.8 Å². The van der Waals surface area contributed by atoms with E-state index in [2.05, 4.69) is 91.2 Å². The second-order valence-electron chi connectivity index (χ2n) is 8.66. The predicted molar refractivity (Wildman–Crippen MR) is 127 cm³/mol. The Bertz CT molecular complexity index is 1480. The minimum atomic E-state index is -0.0547. The van der Waals surface area contributed by atoms with Crippen molar-refractivity contribution in [2.75, 3.05) is 0 Å². The summed E-state index contributed by atoms with van der Waals surface area (Å²) in [6.07, 6.45) is 0. The molecule has 1 radical (unpaired) electrons. The average Bonchev–Trinajstić information content (AvgIpc) is 3.23. The fourth-order valence-corrected chi connectivity index (χ4v) is 5.19. The molecule has 1 aliphatic rings. The highest BCUT2D eigenvalue weighted by atomic mass is 16.5. The van der Waals surface area contributed by atoms with Gasteiger partial charge in [0.1, 0.15) is 5.75 Å². The number of benzene rings is 4. The first kappa shape index (κ1) is 18.3. The lowest BCUT2D eigenvalue weighted by atomic mass is 9.82. The van der Waals surface area contributed by atoms with Gasteiger partial charge in [-0.3, -0.25) is 0 Å². The highest BCUT2D eigenvalue weighted by molar-refractivity contribution is 6.17. The van der Waals surface area contributed by atoms with Crippen LogP contribution in [0.2, 0.25) is 0 Å². The third kappa shape index (κ3) is 2.52. The highest BCUT2D eigenvalue weighted by Crippen LogP contribution is 2.49. The first-order chi connectivity index (χ1) is 15.1. The lowest BCUT2D eigenvalue weighted by Crippen LogP contribution is -2.15. The maximum atomic E-state index is 9.11. The Morgan fingerprint density at radius 2 is 1.48 bits per heavy atom. The SMILES string of the molecule is CC1(C)c2ccccc2-c2ccc(-n3c4ccccc4c4ccc(O[B]O)cc43)cc21. The average molecular weight is 402 g/mol. The molecule has 0 atom stereocenters. The number of hydrogen-bond donors (Lipinski definition) is 1. The summed E-state index contributed by atoms with van der Waals surface area (Å²) in [6, 6.07) is 29.9. The van der Waals surface area contributed by atoms with Gasteiger partial charge in [-0.1, -0.05) is 62.4 Å². The zero-order valence-corrected chi connectivity index (χ0v) is 17.5. The molecule has 0 spiro atoms. The topological polar surface area (TPSA) is 34.4 Å². The van der Waals surface area contributed by atoms with Gasteiger partial charge in [-0.15, -0.1) is 0 Å². The minimum absolute atomic E-state index is 0.0547. The first-order valence-corrected chi connectivity index (χ1v) is 10.5. The van der Waals surface area contributed by atoms with Crippen LogP contribution in [-0.4, -0.2) is 17.3 Å². The van der Waals surface area contributed by atoms with Gasteiger partial charge in [0.25, 0.3) is 0 Å². The van der Waals surface area contributed by atoms with E-state index in [-0.39, 0.29) is 5.41 Å². The van der Waals surface area contributed by atoms with E-state index in [1.54, 1.807) is 0 Å². The van der Waals surface area contributed by atoms with E-state index in [1.807, 2.05) is 12.1 Å². The molecule has 0 aliphatic heterocycles. The van der Waals surface area contributed by atoms with Gasteiger partial charge in [0, 0.05) is 27.9 Å². The molecule has 0 bridgehead atoms. The van der Waals surface area contributed by atoms with Crippen LogP contribution in [0.1, 0.15) is 25.0 Å². The van der Waals surface area contributed by atoms with E-state index in [1.165, 1.54) is 27.6 Å². The molecule has 3 nitrogen and oxygen atoms in total. The van der Waals surface area contributed by atoms with E-state index in [0.29, 0.717) is 5.75 Å². The molecule has 4 heteroatoms. The summed E-state index contributed by atoms with van der Waals surface area (Å²) in [5.41, 5.74) is 8.61. The summed E-state index contributed by atoms with van der Waals surface area (Å²) >= 11 is 0. The van der Waals surface area contributed by atoms with Gasteiger partial charge >= 0.3 is 7.69 Å². The van der Waals surface area contributed by atoms with E-state index >= 15 is 0 Å². The van der Waals surface area contributed by atoms with Crippen molar-refractivity contribution in [3.63, 3.8) is 0 Å². The Hall–Kier alpha value is -3.50. The van der Waals surface area contributed by atoms with Crippen LogP contribution in [0.5, 0.6) is 5.75 Å². The molecule has 1 heterocycles. The Morgan fingerprint density at radius 1 is 0.742 bits per heavy atom. The van der Waals surface area contributed by atoms with Crippen molar-refractivity contribution in [2.24, 2.45) is 0 Å². The Labute approximate surface area is 181 Å². The molecule has 149 valence electrons. The summed E-state index contributed by atoms with van der Waals surface area (Å²) in [5.74, 6) is 0.605. The Kier molecular flexibility index (Phi) is 3.83. The summed E-state index contributed by atoms with van der Waals surface area (Å²) in [5, 5.41) is 11.5. The van der Waals surface area contributed by atoms with Crippen molar-refractivity contribution in [3.05, 3.63) is 96.1 Å². The maximum absolute atomic E-state index is 9.11. The zero-order valence-electron chi connectivity index (χ0n) is 17.5. The van der Waals surface area contributed by atoms with Crippen molar-refractivity contribution in [1.29, 1.82) is 0 Å². The van der Waals surface area contributed by atoms with E-state index in [9.17, 15) is 0 Å². The molecule has 0 amide bonds. The monoisotopic (exact) mass is 402 g/mol. The molecule has 31 heavy (non-hydrogen) atoms. The van der Waals surface area contributed by atoms with Crippen LogP contribution in [-0.2, 0) is 5.41 Å². The van der Waals surface area contributed by atoms with Crippen LogP contribution in [0.4, 0.5) is 0 Å². The number of nitrogens with zero attached hydrogens (tertiary/aromatic N) is 1. The zero-order chi connectivity index (χ0) is 21.2.